The van der Waals surface area contributed by atoms with Crippen LogP contribution in [0.4, 0.5) is 0 Å². The van der Waals surface area contributed by atoms with Crippen molar-refractivity contribution < 1.29 is 0 Å². The first-order valence-corrected chi connectivity index (χ1v) is 6.41. The third-order valence-electron chi connectivity index (χ3n) is 3.85. The van der Waals surface area contributed by atoms with E-state index in [4.69, 9.17) is 0 Å². The summed E-state index contributed by atoms with van der Waals surface area (Å²) in [7, 11) is 0. The minimum atomic E-state index is 0.814. The van der Waals surface area contributed by atoms with E-state index in [1.54, 1.807) is 5.56 Å². The number of aromatic nitrogens is 1. The molecule has 1 saturated carbocycles. The second-order valence-corrected chi connectivity index (χ2v) is 5.14. The van der Waals surface area contributed by atoms with Crippen LogP contribution in [0, 0.1) is 6.92 Å². The first kappa shape index (κ1) is 9.95. The minimum absolute atomic E-state index is 0.814. The largest absolute Gasteiger partial charge is 0.324 e. The topological polar surface area (TPSA) is 4.41 Å². The van der Waals surface area contributed by atoms with Crippen LogP contribution < -0.4 is 0 Å². The molecule has 0 aromatic carbocycles. The van der Waals surface area contributed by atoms with Gasteiger partial charge in [-0.15, -0.1) is 0 Å². The number of fused-ring (bicyclic) bond motifs is 1. The van der Waals surface area contributed by atoms with Gasteiger partial charge < -0.3 is 4.40 Å². The number of hydrogen-bond donors (Lipinski definition) is 0. The Hall–Kier alpha value is -1.24. The number of rotatable bonds is 1. The molecule has 0 amide bonds. The van der Waals surface area contributed by atoms with Crippen molar-refractivity contribution in [1.29, 1.82) is 0 Å². The van der Waals surface area contributed by atoms with Gasteiger partial charge in [0.15, 0.2) is 0 Å². The lowest BCUT2D eigenvalue weighted by atomic mass is 9.85. The zero-order chi connectivity index (χ0) is 11.0. The molecule has 1 aliphatic rings. The van der Waals surface area contributed by atoms with E-state index < -0.39 is 0 Å². The van der Waals surface area contributed by atoms with E-state index in [0.717, 1.165) is 5.92 Å². The molecule has 1 fully saturated rings. The SMILES string of the molecule is Cc1ccn2cc(C3CCCCC3)cc2c1. The van der Waals surface area contributed by atoms with E-state index in [1.165, 1.54) is 43.2 Å². The van der Waals surface area contributed by atoms with Gasteiger partial charge in [-0.25, -0.2) is 0 Å². The fourth-order valence-electron chi connectivity index (χ4n) is 2.90. The molecule has 0 N–H and O–H groups in total. The Morgan fingerprint density at radius 1 is 1.12 bits per heavy atom. The highest BCUT2D eigenvalue weighted by atomic mass is 14.9. The van der Waals surface area contributed by atoms with Crippen LogP contribution in [0.5, 0.6) is 0 Å². The summed E-state index contributed by atoms with van der Waals surface area (Å²) in [5, 5.41) is 0. The average Bonchev–Trinajstić information content (AvgIpc) is 2.73. The lowest BCUT2D eigenvalue weighted by Gasteiger charge is -2.20. The third kappa shape index (κ3) is 1.75. The number of nitrogens with zero attached hydrogens (tertiary/aromatic N) is 1. The van der Waals surface area contributed by atoms with E-state index >= 15 is 0 Å². The van der Waals surface area contributed by atoms with Crippen molar-refractivity contribution in [2.75, 3.05) is 0 Å². The lowest BCUT2D eigenvalue weighted by molar-refractivity contribution is 0.444. The van der Waals surface area contributed by atoms with Crippen molar-refractivity contribution >= 4 is 5.52 Å². The Labute approximate surface area is 97.1 Å². The molecule has 2 heterocycles. The highest BCUT2D eigenvalue weighted by Crippen LogP contribution is 2.33. The molecular formula is C15H19N. The van der Waals surface area contributed by atoms with E-state index in [-0.39, 0.29) is 0 Å². The zero-order valence-electron chi connectivity index (χ0n) is 9.95. The third-order valence-corrected chi connectivity index (χ3v) is 3.85. The van der Waals surface area contributed by atoms with Gasteiger partial charge >= 0.3 is 0 Å². The van der Waals surface area contributed by atoms with Gasteiger partial charge in [-0.2, -0.15) is 0 Å². The molecule has 0 radical (unpaired) electrons. The van der Waals surface area contributed by atoms with Gasteiger partial charge in [0, 0.05) is 17.9 Å². The monoisotopic (exact) mass is 213 g/mol. The summed E-state index contributed by atoms with van der Waals surface area (Å²) in [5.74, 6) is 0.814. The van der Waals surface area contributed by atoms with Crippen LogP contribution in [-0.4, -0.2) is 4.40 Å². The Morgan fingerprint density at radius 2 is 1.94 bits per heavy atom. The van der Waals surface area contributed by atoms with Gasteiger partial charge in [0.05, 0.1) is 0 Å². The Morgan fingerprint density at radius 3 is 2.75 bits per heavy atom. The van der Waals surface area contributed by atoms with Crippen molar-refractivity contribution in [2.24, 2.45) is 0 Å². The maximum atomic E-state index is 2.38. The Bertz CT molecular complexity index is 489. The number of aryl methyl sites for hydroxylation is 1. The van der Waals surface area contributed by atoms with Crippen LogP contribution in [0.1, 0.15) is 49.1 Å². The van der Waals surface area contributed by atoms with Gasteiger partial charge in [-0.05, 0) is 55.0 Å². The van der Waals surface area contributed by atoms with Crippen molar-refractivity contribution in [2.45, 2.75) is 44.9 Å². The summed E-state index contributed by atoms with van der Waals surface area (Å²) in [5.41, 5.74) is 4.24. The smallest absolute Gasteiger partial charge is 0.0455 e. The molecule has 0 saturated heterocycles. The summed E-state index contributed by atoms with van der Waals surface area (Å²) >= 11 is 0. The molecule has 0 atom stereocenters. The molecule has 84 valence electrons. The Kier molecular flexibility index (Phi) is 2.47. The molecule has 1 heteroatoms. The molecule has 2 aromatic rings. The first-order valence-electron chi connectivity index (χ1n) is 6.41. The Balaban J connectivity index is 1.97. The molecule has 1 aliphatic carbocycles. The zero-order valence-corrected chi connectivity index (χ0v) is 9.95. The molecular weight excluding hydrogens is 194 g/mol. The lowest BCUT2D eigenvalue weighted by Crippen LogP contribution is -2.03. The van der Waals surface area contributed by atoms with E-state index in [9.17, 15) is 0 Å². The first-order chi connectivity index (χ1) is 7.83. The minimum Gasteiger partial charge on any atom is -0.324 e. The highest BCUT2D eigenvalue weighted by molar-refractivity contribution is 5.52. The van der Waals surface area contributed by atoms with Crippen LogP contribution in [0.15, 0.2) is 30.6 Å². The molecule has 0 aliphatic heterocycles. The maximum Gasteiger partial charge on any atom is 0.0455 e. The van der Waals surface area contributed by atoms with Crippen LogP contribution in [-0.2, 0) is 0 Å². The van der Waals surface area contributed by atoms with Gasteiger partial charge in [-0.1, -0.05) is 19.3 Å². The van der Waals surface area contributed by atoms with Crippen molar-refractivity contribution in [3.63, 3.8) is 0 Å². The van der Waals surface area contributed by atoms with Crippen LogP contribution in [0.2, 0.25) is 0 Å². The standard InChI is InChI=1S/C15H19N/c1-12-7-8-16-11-14(10-15(16)9-12)13-5-3-2-4-6-13/h7-11,13H,2-6H2,1H3. The normalized spacial score (nSPS) is 18.1. The van der Waals surface area contributed by atoms with Gasteiger partial charge in [0.2, 0.25) is 0 Å². The maximum absolute atomic E-state index is 2.38. The van der Waals surface area contributed by atoms with E-state index in [1.807, 2.05) is 0 Å². The summed E-state index contributed by atoms with van der Waals surface area (Å²) < 4.78 is 2.26. The fourth-order valence-corrected chi connectivity index (χ4v) is 2.90. The van der Waals surface area contributed by atoms with Gasteiger partial charge in [0.25, 0.3) is 0 Å². The molecule has 16 heavy (non-hydrogen) atoms. The van der Waals surface area contributed by atoms with E-state index in [0.29, 0.717) is 0 Å². The summed E-state index contributed by atoms with van der Waals surface area (Å²) in [4.78, 5) is 0. The quantitative estimate of drug-likeness (QED) is 0.665. The van der Waals surface area contributed by atoms with Crippen LogP contribution >= 0.6 is 0 Å². The molecule has 2 aromatic heterocycles. The van der Waals surface area contributed by atoms with Crippen LogP contribution in [0.3, 0.4) is 0 Å². The molecule has 0 unspecified atom stereocenters. The number of pyridine rings is 1. The van der Waals surface area contributed by atoms with Crippen molar-refractivity contribution in [3.8, 4) is 0 Å². The molecule has 0 spiro atoms. The molecule has 1 nitrogen and oxygen atoms in total. The highest BCUT2D eigenvalue weighted by Gasteiger charge is 2.16. The summed E-state index contributed by atoms with van der Waals surface area (Å²) in [6.07, 6.45) is 11.5. The predicted molar refractivity (Wildman–Crippen MR) is 68.0 cm³/mol. The summed E-state index contributed by atoms with van der Waals surface area (Å²) in [6.45, 7) is 2.16. The second-order valence-electron chi connectivity index (χ2n) is 5.14. The van der Waals surface area contributed by atoms with Crippen molar-refractivity contribution in [1.82, 2.24) is 4.40 Å². The van der Waals surface area contributed by atoms with E-state index in [2.05, 4.69) is 41.9 Å². The number of hydrogen-bond acceptors (Lipinski definition) is 0. The average molecular weight is 213 g/mol. The van der Waals surface area contributed by atoms with Gasteiger partial charge in [0.1, 0.15) is 0 Å². The summed E-state index contributed by atoms with van der Waals surface area (Å²) in [6, 6.07) is 6.83. The fraction of sp³-hybridized carbons (Fsp3) is 0.467. The predicted octanol–water partition coefficient (Wildman–Crippen LogP) is 4.30. The van der Waals surface area contributed by atoms with Gasteiger partial charge in [-0.3, -0.25) is 0 Å². The van der Waals surface area contributed by atoms with Crippen LogP contribution in [0.25, 0.3) is 5.52 Å². The second kappa shape index (κ2) is 3.97. The molecule has 0 bridgehead atoms. The molecule has 3 rings (SSSR count). The van der Waals surface area contributed by atoms with Crippen molar-refractivity contribution in [3.05, 3.63) is 41.7 Å².